The molecule has 1 aliphatic rings. The van der Waals surface area contributed by atoms with Gasteiger partial charge in [0.15, 0.2) is 0 Å². The van der Waals surface area contributed by atoms with Crippen molar-refractivity contribution in [1.29, 1.82) is 0 Å². The maximum absolute atomic E-state index is 11.3. The number of nitrogens with zero attached hydrogens (tertiary/aromatic N) is 2. The first kappa shape index (κ1) is 13.5. The first-order valence-electron chi connectivity index (χ1n) is 6.47. The normalized spacial score (nSPS) is 15.5. The molecule has 5 nitrogen and oxygen atoms in total. The zero-order valence-electron chi connectivity index (χ0n) is 11.8. The summed E-state index contributed by atoms with van der Waals surface area (Å²) in [5.41, 5.74) is 8.82. The van der Waals surface area contributed by atoms with E-state index in [9.17, 15) is 4.79 Å². The molecule has 2 rings (SSSR count). The van der Waals surface area contributed by atoms with Gasteiger partial charge in [-0.2, -0.15) is 0 Å². The molecule has 0 unspecified atom stereocenters. The van der Waals surface area contributed by atoms with Crippen molar-refractivity contribution >= 4 is 17.3 Å². The zero-order chi connectivity index (χ0) is 14.0. The molecule has 19 heavy (non-hydrogen) atoms. The van der Waals surface area contributed by atoms with E-state index >= 15 is 0 Å². The molecule has 2 N–H and O–H groups in total. The number of rotatable bonds is 2. The standard InChI is InChI=1S/C14H21N3O2/c1-10-8-12(15)14(19-3)9-13(10)17-6-4-16(5-7-17)11(2)18/h8-9H,4-7,15H2,1-3H3. The van der Waals surface area contributed by atoms with Crippen LogP contribution in [0.1, 0.15) is 12.5 Å². The van der Waals surface area contributed by atoms with Crippen molar-refractivity contribution in [1.82, 2.24) is 4.90 Å². The van der Waals surface area contributed by atoms with E-state index in [0.717, 1.165) is 37.4 Å². The van der Waals surface area contributed by atoms with Gasteiger partial charge in [-0.1, -0.05) is 0 Å². The van der Waals surface area contributed by atoms with E-state index in [1.807, 2.05) is 24.0 Å². The highest BCUT2D eigenvalue weighted by atomic mass is 16.5. The van der Waals surface area contributed by atoms with Gasteiger partial charge in [0.05, 0.1) is 12.8 Å². The summed E-state index contributed by atoms with van der Waals surface area (Å²) >= 11 is 0. The average Bonchev–Trinajstić information content (AvgIpc) is 2.39. The lowest BCUT2D eigenvalue weighted by atomic mass is 10.1. The minimum atomic E-state index is 0.145. The van der Waals surface area contributed by atoms with E-state index in [0.29, 0.717) is 11.4 Å². The number of methoxy groups -OCH3 is 1. The third kappa shape index (κ3) is 2.75. The number of ether oxygens (including phenoxy) is 1. The topological polar surface area (TPSA) is 58.8 Å². The fourth-order valence-corrected chi connectivity index (χ4v) is 2.48. The van der Waals surface area contributed by atoms with Gasteiger partial charge in [-0.05, 0) is 18.6 Å². The molecule has 0 aliphatic carbocycles. The van der Waals surface area contributed by atoms with Crippen LogP contribution in [0.3, 0.4) is 0 Å². The minimum absolute atomic E-state index is 0.145. The number of carbonyl (C=O) groups excluding carboxylic acids is 1. The van der Waals surface area contributed by atoms with Crippen molar-refractivity contribution in [3.05, 3.63) is 17.7 Å². The highest BCUT2D eigenvalue weighted by Crippen LogP contribution is 2.31. The number of carbonyl (C=O) groups is 1. The fraction of sp³-hybridized carbons (Fsp3) is 0.500. The van der Waals surface area contributed by atoms with E-state index in [1.54, 1.807) is 14.0 Å². The SMILES string of the molecule is COc1cc(N2CCN(C(C)=O)CC2)c(C)cc1N. The second-order valence-electron chi connectivity index (χ2n) is 4.87. The Balaban J connectivity index is 2.17. The van der Waals surface area contributed by atoms with Crippen LogP contribution in [-0.4, -0.2) is 44.1 Å². The maximum Gasteiger partial charge on any atom is 0.219 e. The molecule has 1 amide bonds. The monoisotopic (exact) mass is 263 g/mol. The highest BCUT2D eigenvalue weighted by Gasteiger charge is 2.20. The predicted octanol–water partition coefficient (Wildman–Crippen LogP) is 1.25. The third-order valence-electron chi connectivity index (χ3n) is 3.61. The lowest BCUT2D eigenvalue weighted by Gasteiger charge is -2.36. The van der Waals surface area contributed by atoms with Gasteiger partial charge in [-0.25, -0.2) is 0 Å². The number of aryl methyl sites for hydroxylation is 1. The maximum atomic E-state index is 11.3. The lowest BCUT2D eigenvalue weighted by Crippen LogP contribution is -2.48. The number of anilines is 2. The minimum Gasteiger partial charge on any atom is -0.495 e. The summed E-state index contributed by atoms with van der Waals surface area (Å²) in [7, 11) is 1.62. The predicted molar refractivity (Wildman–Crippen MR) is 76.6 cm³/mol. The van der Waals surface area contributed by atoms with Crippen LogP contribution in [-0.2, 0) is 4.79 Å². The number of benzene rings is 1. The average molecular weight is 263 g/mol. The van der Waals surface area contributed by atoms with Crippen molar-refractivity contribution in [3.8, 4) is 5.75 Å². The van der Waals surface area contributed by atoms with Crippen molar-refractivity contribution in [3.63, 3.8) is 0 Å². The Morgan fingerprint density at radius 2 is 1.89 bits per heavy atom. The number of piperazine rings is 1. The molecule has 104 valence electrons. The Morgan fingerprint density at radius 1 is 1.26 bits per heavy atom. The Morgan fingerprint density at radius 3 is 2.42 bits per heavy atom. The zero-order valence-corrected chi connectivity index (χ0v) is 11.8. The smallest absolute Gasteiger partial charge is 0.219 e. The molecule has 1 aromatic carbocycles. The highest BCUT2D eigenvalue weighted by molar-refractivity contribution is 5.74. The Kier molecular flexibility index (Phi) is 3.83. The molecule has 0 atom stereocenters. The van der Waals surface area contributed by atoms with Gasteiger partial charge in [-0.15, -0.1) is 0 Å². The van der Waals surface area contributed by atoms with Crippen LogP contribution >= 0.6 is 0 Å². The number of nitrogen functional groups attached to an aromatic ring is 1. The molecule has 5 heteroatoms. The quantitative estimate of drug-likeness (QED) is 0.816. The van der Waals surface area contributed by atoms with Gasteiger partial charge in [0.1, 0.15) is 5.75 Å². The molecular formula is C14H21N3O2. The van der Waals surface area contributed by atoms with Crippen LogP contribution in [0.2, 0.25) is 0 Å². The van der Waals surface area contributed by atoms with Gasteiger partial charge in [-0.3, -0.25) is 4.79 Å². The van der Waals surface area contributed by atoms with Crippen molar-refractivity contribution in [2.45, 2.75) is 13.8 Å². The summed E-state index contributed by atoms with van der Waals surface area (Å²) in [5, 5.41) is 0. The van der Waals surface area contributed by atoms with E-state index in [2.05, 4.69) is 4.90 Å². The number of amides is 1. The van der Waals surface area contributed by atoms with Gasteiger partial charge in [0, 0.05) is 44.9 Å². The summed E-state index contributed by atoms with van der Waals surface area (Å²) in [6, 6.07) is 3.92. The number of hydrogen-bond acceptors (Lipinski definition) is 4. The Hall–Kier alpha value is -1.91. The number of hydrogen-bond donors (Lipinski definition) is 1. The van der Waals surface area contributed by atoms with Crippen LogP contribution in [0.25, 0.3) is 0 Å². The molecule has 0 bridgehead atoms. The van der Waals surface area contributed by atoms with Gasteiger partial charge >= 0.3 is 0 Å². The van der Waals surface area contributed by atoms with Gasteiger partial charge in [0.25, 0.3) is 0 Å². The van der Waals surface area contributed by atoms with Crippen LogP contribution in [0.15, 0.2) is 12.1 Å². The Labute approximate surface area is 113 Å². The van der Waals surface area contributed by atoms with Gasteiger partial charge < -0.3 is 20.3 Å². The Bertz CT molecular complexity index is 480. The third-order valence-corrected chi connectivity index (χ3v) is 3.61. The molecular weight excluding hydrogens is 242 g/mol. The molecule has 1 fully saturated rings. The summed E-state index contributed by atoms with van der Waals surface area (Å²) in [6.07, 6.45) is 0. The van der Waals surface area contributed by atoms with E-state index in [4.69, 9.17) is 10.5 Å². The van der Waals surface area contributed by atoms with E-state index in [-0.39, 0.29) is 5.91 Å². The second-order valence-corrected chi connectivity index (χ2v) is 4.87. The van der Waals surface area contributed by atoms with Crippen LogP contribution in [0.5, 0.6) is 5.75 Å². The van der Waals surface area contributed by atoms with Crippen molar-refractivity contribution in [2.24, 2.45) is 0 Å². The van der Waals surface area contributed by atoms with Crippen LogP contribution < -0.4 is 15.4 Å². The summed E-state index contributed by atoms with van der Waals surface area (Å²) in [5.74, 6) is 0.848. The second kappa shape index (κ2) is 5.38. The molecule has 1 heterocycles. The first-order chi connectivity index (χ1) is 9.02. The van der Waals surface area contributed by atoms with Crippen molar-refractivity contribution in [2.75, 3.05) is 43.9 Å². The molecule has 1 aliphatic heterocycles. The van der Waals surface area contributed by atoms with Crippen LogP contribution in [0.4, 0.5) is 11.4 Å². The molecule has 1 saturated heterocycles. The molecule has 0 spiro atoms. The summed E-state index contributed by atoms with van der Waals surface area (Å²) < 4.78 is 5.27. The molecule has 0 saturated carbocycles. The first-order valence-corrected chi connectivity index (χ1v) is 6.47. The number of nitrogens with two attached hydrogens (primary N) is 1. The van der Waals surface area contributed by atoms with Gasteiger partial charge in [0.2, 0.25) is 5.91 Å². The molecule has 1 aromatic rings. The summed E-state index contributed by atoms with van der Waals surface area (Å²) in [4.78, 5) is 15.5. The molecule has 0 radical (unpaired) electrons. The molecule has 0 aromatic heterocycles. The van der Waals surface area contributed by atoms with E-state index < -0.39 is 0 Å². The fourth-order valence-electron chi connectivity index (χ4n) is 2.48. The lowest BCUT2D eigenvalue weighted by molar-refractivity contribution is -0.129. The van der Waals surface area contributed by atoms with E-state index in [1.165, 1.54) is 0 Å². The summed E-state index contributed by atoms with van der Waals surface area (Å²) in [6.45, 7) is 6.87. The largest absolute Gasteiger partial charge is 0.495 e. The van der Waals surface area contributed by atoms with Crippen molar-refractivity contribution < 1.29 is 9.53 Å². The van der Waals surface area contributed by atoms with Crippen LogP contribution in [0, 0.1) is 6.92 Å².